The maximum absolute atomic E-state index is 13.5. The lowest BCUT2D eigenvalue weighted by Gasteiger charge is -2.26. The van der Waals surface area contributed by atoms with Gasteiger partial charge in [0, 0.05) is 25.5 Å². The number of Topliss-reactive ketones (excluding diaryl/α,β-unsaturated/α-hetero) is 1. The fourth-order valence-electron chi connectivity index (χ4n) is 2.99. The lowest BCUT2D eigenvalue weighted by molar-refractivity contribution is -0.122. The highest BCUT2D eigenvalue weighted by molar-refractivity contribution is 5.98. The largest absolute Gasteiger partial charge is 0.388 e. The van der Waals surface area contributed by atoms with Crippen LogP contribution in [0.4, 0.5) is 8.78 Å². The first kappa shape index (κ1) is 18.5. The first-order chi connectivity index (χ1) is 11.4. The first-order valence-corrected chi connectivity index (χ1v) is 8.37. The lowest BCUT2D eigenvalue weighted by Crippen LogP contribution is -2.42. The standard InChI is InChI=1S/C18H23F2NO3/c19-13-5-6-14(15(20)11-13)16(22)7-8-17(23)21-12-18(24)9-3-1-2-4-10-18/h5-6,11,24H,1-4,7-10,12H2,(H,21,23). The van der Waals surface area contributed by atoms with Crippen LogP contribution >= 0.6 is 0 Å². The minimum absolute atomic E-state index is 0.0915. The van der Waals surface area contributed by atoms with Crippen LogP contribution in [0.2, 0.25) is 0 Å². The van der Waals surface area contributed by atoms with Crippen molar-refractivity contribution in [1.82, 2.24) is 5.32 Å². The van der Waals surface area contributed by atoms with Crippen LogP contribution in [-0.2, 0) is 4.79 Å². The molecule has 0 saturated heterocycles. The van der Waals surface area contributed by atoms with Gasteiger partial charge in [0.15, 0.2) is 5.78 Å². The van der Waals surface area contributed by atoms with E-state index in [4.69, 9.17) is 0 Å². The number of rotatable bonds is 6. The van der Waals surface area contributed by atoms with Gasteiger partial charge in [0.05, 0.1) is 11.2 Å². The zero-order valence-electron chi connectivity index (χ0n) is 13.6. The van der Waals surface area contributed by atoms with Crippen LogP contribution in [0, 0.1) is 11.6 Å². The third-order valence-corrected chi connectivity index (χ3v) is 4.46. The van der Waals surface area contributed by atoms with Gasteiger partial charge in [-0.25, -0.2) is 8.78 Å². The fourth-order valence-corrected chi connectivity index (χ4v) is 2.99. The lowest BCUT2D eigenvalue weighted by atomic mass is 9.94. The molecule has 24 heavy (non-hydrogen) atoms. The van der Waals surface area contributed by atoms with Crippen LogP contribution in [0.5, 0.6) is 0 Å². The van der Waals surface area contributed by atoms with E-state index in [2.05, 4.69) is 5.32 Å². The monoisotopic (exact) mass is 339 g/mol. The number of carbonyl (C=O) groups is 2. The second-order valence-electron chi connectivity index (χ2n) is 6.46. The number of nitrogens with one attached hydrogen (secondary N) is 1. The second-order valence-corrected chi connectivity index (χ2v) is 6.46. The van der Waals surface area contributed by atoms with Crippen LogP contribution in [-0.4, -0.2) is 28.9 Å². The predicted octanol–water partition coefficient (Wildman–Crippen LogP) is 3.13. The average molecular weight is 339 g/mol. The summed E-state index contributed by atoms with van der Waals surface area (Å²) in [7, 11) is 0. The van der Waals surface area contributed by atoms with Crippen LogP contribution in [0.25, 0.3) is 0 Å². The molecule has 1 aromatic carbocycles. The molecule has 0 heterocycles. The highest BCUT2D eigenvalue weighted by atomic mass is 19.1. The van der Waals surface area contributed by atoms with Crippen LogP contribution in [0.1, 0.15) is 61.7 Å². The topological polar surface area (TPSA) is 66.4 Å². The minimum Gasteiger partial charge on any atom is -0.388 e. The molecule has 132 valence electrons. The van der Waals surface area contributed by atoms with Crippen molar-refractivity contribution >= 4 is 11.7 Å². The van der Waals surface area contributed by atoms with Crippen molar-refractivity contribution in [2.24, 2.45) is 0 Å². The van der Waals surface area contributed by atoms with E-state index in [0.29, 0.717) is 18.9 Å². The van der Waals surface area contributed by atoms with Crippen LogP contribution in [0.3, 0.4) is 0 Å². The van der Waals surface area contributed by atoms with E-state index in [1.54, 1.807) is 0 Å². The van der Waals surface area contributed by atoms with Gasteiger partial charge in [0.1, 0.15) is 11.6 Å². The van der Waals surface area contributed by atoms with E-state index in [0.717, 1.165) is 37.8 Å². The van der Waals surface area contributed by atoms with Gasteiger partial charge in [-0.3, -0.25) is 9.59 Å². The quantitative estimate of drug-likeness (QED) is 0.618. The van der Waals surface area contributed by atoms with Gasteiger partial charge in [-0.1, -0.05) is 25.7 Å². The number of amides is 1. The van der Waals surface area contributed by atoms with E-state index >= 15 is 0 Å². The average Bonchev–Trinajstić information content (AvgIpc) is 2.76. The number of halogens is 2. The number of benzene rings is 1. The van der Waals surface area contributed by atoms with Gasteiger partial charge in [-0.15, -0.1) is 0 Å². The van der Waals surface area contributed by atoms with Crippen molar-refractivity contribution in [3.8, 4) is 0 Å². The number of ketones is 1. The molecule has 6 heteroatoms. The summed E-state index contributed by atoms with van der Waals surface area (Å²) in [5, 5.41) is 13.1. The number of hydrogen-bond donors (Lipinski definition) is 2. The molecular formula is C18H23F2NO3. The first-order valence-electron chi connectivity index (χ1n) is 8.37. The van der Waals surface area contributed by atoms with Crippen LogP contribution < -0.4 is 5.32 Å². The normalized spacial score (nSPS) is 17.1. The molecule has 1 saturated carbocycles. The summed E-state index contributed by atoms with van der Waals surface area (Å²) in [5.41, 5.74) is -1.09. The Hall–Kier alpha value is -1.82. The highest BCUT2D eigenvalue weighted by Crippen LogP contribution is 2.26. The van der Waals surface area contributed by atoms with Gasteiger partial charge >= 0.3 is 0 Å². The summed E-state index contributed by atoms with van der Waals surface area (Å²) in [6.07, 6.45) is 5.13. The maximum Gasteiger partial charge on any atom is 0.220 e. The predicted molar refractivity (Wildman–Crippen MR) is 85.6 cm³/mol. The molecule has 0 aromatic heterocycles. The molecule has 0 atom stereocenters. The van der Waals surface area contributed by atoms with Gasteiger partial charge in [-0.05, 0) is 25.0 Å². The van der Waals surface area contributed by atoms with Crippen molar-refractivity contribution in [2.75, 3.05) is 6.54 Å². The van der Waals surface area contributed by atoms with Gasteiger partial charge in [0.25, 0.3) is 0 Å². The molecule has 2 rings (SSSR count). The number of hydrogen-bond acceptors (Lipinski definition) is 3. The molecule has 0 unspecified atom stereocenters. The zero-order chi connectivity index (χ0) is 17.6. The van der Waals surface area contributed by atoms with Crippen molar-refractivity contribution < 1.29 is 23.5 Å². The summed E-state index contributed by atoms with van der Waals surface area (Å²) < 4.78 is 26.3. The minimum atomic E-state index is -0.923. The Bertz CT molecular complexity index is 596. The molecule has 1 amide bonds. The third kappa shape index (κ3) is 5.37. The van der Waals surface area contributed by atoms with Crippen molar-refractivity contribution in [2.45, 2.75) is 57.0 Å². The molecule has 2 N–H and O–H groups in total. The molecule has 0 bridgehead atoms. The molecule has 1 aliphatic rings. The summed E-state index contributed by atoms with van der Waals surface area (Å²) in [6, 6.07) is 2.74. The fraction of sp³-hybridized carbons (Fsp3) is 0.556. The molecule has 1 aromatic rings. The summed E-state index contributed by atoms with van der Waals surface area (Å²) in [4.78, 5) is 23.8. The Morgan fingerprint density at radius 2 is 1.75 bits per heavy atom. The smallest absolute Gasteiger partial charge is 0.220 e. The van der Waals surface area contributed by atoms with Gasteiger partial charge < -0.3 is 10.4 Å². The zero-order valence-corrected chi connectivity index (χ0v) is 13.6. The Morgan fingerprint density at radius 3 is 2.38 bits per heavy atom. The van der Waals surface area contributed by atoms with E-state index in [9.17, 15) is 23.5 Å². The van der Waals surface area contributed by atoms with Crippen molar-refractivity contribution in [3.63, 3.8) is 0 Å². The van der Waals surface area contributed by atoms with Crippen LogP contribution in [0.15, 0.2) is 18.2 Å². The Kier molecular flexibility index (Phi) is 6.43. The van der Waals surface area contributed by atoms with Gasteiger partial charge in [0.2, 0.25) is 5.91 Å². The number of carbonyl (C=O) groups excluding carboxylic acids is 2. The van der Waals surface area contributed by atoms with Gasteiger partial charge in [-0.2, -0.15) is 0 Å². The Labute approximate surface area is 140 Å². The van der Waals surface area contributed by atoms with E-state index in [-0.39, 0.29) is 30.9 Å². The maximum atomic E-state index is 13.5. The molecule has 1 fully saturated rings. The highest BCUT2D eigenvalue weighted by Gasteiger charge is 2.28. The molecule has 0 aliphatic heterocycles. The van der Waals surface area contributed by atoms with Crippen molar-refractivity contribution in [3.05, 3.63) is 35.4 Å². The molecule has 0 spiro atoms. The van der Waals surface area contributed by atoms with E-state index in [1.165, 1.54) is 0 Å². The Balaban J connectivity index is 1.79. The van der Waals surface area contributed by atoms with E-state index in [1.807, 2.05) is 0 Å². The second kappa shape index (κ2) is 8.33. The summed E-state index contributed by atoms with van der Waals surface area (Å²) in [6.45, 7) is 0.172. The number of aliphatic hydroxyl groups is 1. The SMILES string of the molecule is O=C(CCC(=O)c1ccc(F)cc1F)NCC1(O)CCCCCC1. The van der Waals surface area contributed by atoms with E-state index < -0.39 is 23.0 Å². The summed E-state index contributed by atoms with van der Waals surface area (Å²) >= 11 is 0. The van der Waals surface area contributed by atoms with Crippen molar-refractivity contribution in [1.29, 1.82) is 0 Å². The summed E-state index contributed by atoms with van der Waals surface area (Å²) in [5.74, 6) is -2.58. The molecule has 4 nitrogen and oxygen atoms in total. The molecular weight excluding hydrogens is 316 g/mol. The molecule has 0 radical (unpaired) electrons. The third-order valence-electron chi connectivity index (χ3n) is 4.46. The Morgan fingerprint density at radius 1 is 1.08 bits per heavy atom. The molecule has 1 aliphatic carbocycles.